The van der Waals surface area contributed by atoms with Gasteiger partial charge in [-0.1, -0.05) is 19.9 Å². The fourth-order valence-electron chi connectivity index (χ4n) is 2.50. The molecular weight excluding hydrogens is 470 g/mol. The molecule has 1 aromatic rings. The molecule has 0 spiro atoms. The summed E-state index contributed by atoms with van der Waals surface area (Å²) in [5.41, 5.74) is 5.07. The molecule has 0 heterocycles. The molecule has 0 radical (unpaired) electrons. The average Bonchev–Trinajstić information content (AvgIpc) is 2.83. The normalized spacial score (nSPS) is 13.2. The van der Waals surface area contributed by atoms with Crippen LogP contribution in [0.3, 0.4) is 0 Å². The van der Waals surface area contributed by atoms with E-state index in [1.165, 1.54) is 26.2 Å². The van der Waals surface area contributed by atoms with Crippen molar-refractivity contribution in [2.24, 2.45) is 16.6 Å². The molecular formula is C26H39NO9. The van der Waals surface area contributed by atoms with Gasteiger partial charge in [-0.25, -0.2) is 4.79 Å². The van der Waals surface area contributed by atoms with Gasteiger partial charge in [-0.05, 0) is 71.6 Å². The highest BCUT2D eigenvalue weighted by Crippen LogP contribution is 2.34. The van der Waals surface area contributed by atoms with E-state index in [0.717, 1.165) is 0 Å². The molecule has 2 N–H and O–H groups in total. The Labute approximate surface area is 212 Å². The van der Waals surface area contributed by atoms with E-state index in [1.807, 2.05) is 13.8 Å². The van der Waals surface area contributed by atoms with E-state index >= 15 is 0 Å². The second kappa shape index (κ2) is 13.2. The lowest BCUT2D eigenvalue weighted by Gasteiger charge is -2.23. The van der Waals surface area contributed by atoms with E-state index in [0.29, 0.717) is 18.4 Å². The largest absolute Gasteiger partial charge is 0.508 e. The van der Waals surface area contributed by atoms with Crippen LogP contribution in [-0.4, -0.2) is 49.9 Å². The van der Waals surface area contributed by atoms with Crippen molar-refractivity contribution in [3.63, 3.8) is 0 Å². The van der Waals surface area contributed by atoms with E-state index in [4.69, 9.17) is 24.7 Å². The van der Waals surface area contributed by atoms with Gasteiger partial charge in [0.25, 0.3) is 0 Å². The standard InChI is InChI=1S/C26H39NO9/c1-9-25(4,5)22(29)35-19-12-11-17(14-20(19)36-23(30)26(6,7)10-2)13-18(27)21(28)33-15-16(3)34-24(31)32-8/h11-12,14,16,18H,9-10,13,15,27H2,1-8H3/t16-,18-/m0/s1. The third-order valence-corrected chi connectivity index (χ3v) is 5.97. The Bertz CT molecular complexity index is 939. The van der Waals surface area contributed by atoms with Crippen molar-refractivity contribution >= 4 is 24.1 Å². The number of carbonyl (C=O) groups excluding carboxylic acids is 4. The molecule has 0 aliphatic heterocycles. The molecule has 1 aromatic carbocycles. The van der Waals surface area contributed by atoms with Gasteiger partial charge in [0.1, 0.15) is 18.8 Å². The van der Waals surface area contributed by atoms with E-state index < -0.39 is 47.0 Å². The Hall–Kier alpha value is -3.14. The number of esters is 3. The smallest absolute Gasteiger partial charge is 0.461 e. The van der Waals surface area contributed by atoms with Gasteiger partial charge >= 0.3 is 24.1 Å². The molecule has 1 rings (SSSR count). The summed E-state index contributed by atoms with van der Waals surface area (Å²) in [5.74, 6) is -1.51. The minimum atomic E-state index is -1.04. The molecule has 2 atom stereocenters. The highest BCUT2D eigenvalue weighted by Gasteiger charge is 2.31. The number of rotatable bonds is 12. The van der Waals surface area contributed by atoms with Crippen LogP contribution in [0.15, 0.2) is 18.2 Å². The number of benzene rings is 1. The number of hydrogen-bond acceptors (Lipinski definition) is 10. The van der Waals surface area contributed by atoms with Gasteiger partial charge in [0, 0.05) is 0 Å². The molecule has 0 aromatic heterocycles. The van der Waals surface area contributed by atoms with Crippen LogP contribution in [0, 0.1) is 10.8 Å². The van der Waals surface area contributed by atoms with Crippen molar-refractivity contribution in [3.05, 3.63) is 23.8 Å². The minimum absolute atomic E-state index is 0.0555. The first-order valence-electron chi connectivity index (χ1n) is 11.9. The number of ether oxygens (including phenoxy) is 5. The molecule has 0 bridgehead atoms. The first kappa shape index (κ1) is 30.9. The van der Waals surface area contributed by atoms with E-state index in [-0.39, 0.29) is 24.5 Å². The summed E-state index contributed by atoms with van der Waals surface area (Å²) in [6.45, 7) is 12.1. The summed E-state index contributed by atoms with van der Waals surface area (Å²) < 4.78 is 25.5. The zero-order valence-electron chi connectivity index (χ0n) is 22.5. The molecule has 36 heavy (non-hydrogen) atoms. The maximum absolute atomic E-state index is 12.7. The Morgan fingerprint density at radius 2 is 1.44 bits per heavy atom. The summed E-state index contributed by atoms with van der Waals surface area (Å²) >= 11 is 0. The van der Waals surface area contributed by atoms with E-state index in [9.17, 15) is 19.2 Å². The lowest BCUT2D eigenvalue weighted by Crippen LogP contribution is -2.36. The number of methoxy groups -OCH3 is 1. The zero-order valence-corrected chi connectivity index (χ0v) is 22.5. The fourth-order valence-corrected chi connectivity index (χ4v) is 2.50. The summed E-state index contributed by atoms with van der Waals surface area (Å²) in [5, 5.41) is 0. The van der Waals surface area contributed by atoms with Gasteiger partial charge in [0.05, 0.1) is 17.9 Å². The van der Waals surface area contributed by atoms with E-state index in [1.54, 1.807) is 33.8 Å². The quantitative estimate of drug-likeness (QED) is 0.325. The van der Waals surface area contributed by atoms with Gasteiger partial charge in [-0.15, -0.1) is 0 Å². The SMILES string of the molecule is CCC(C)(C)C(=O)Oc1ccc(C[C@H](N)C(=O)OC[C@H](C)OC(=O)OC)cc1OC(=O)C(C)(C)CC. The number of nitrogens with two attached hydrogens (primary N) is 1. The molecule has 10 nitrogen and oxygen atoms in total. The maximum Gasteiger partial charge on any atom is 0.508 e. The monoisotopic (exact) mass is 509 g/mol. The number of hydrogen-bond donors (Lipinski definition) is 1. The van der Waals surface area contributed by atoms with E-state index in [2.05, 4.69) is 4.74 Å². The summed E-state index contributed by atoms with van der Waals surface area (Å²) in [7, 11) is 1.17. The molecule has 202 valence electrons. The van der Waals surface area contributed by atoms with Gasteiger partial charge in [-0.3, -0.25) is 14.4 Å². The molecule has 0 saturated carbocycles. The average molecular weight is 510 g/mol. The molecule has 0 aliphatic carbocycles. The second-order valence-electron chi connectivity index (χ2n) is 9.86. The van der Waals surface area contributed by atoms with Gasteiger partial charge in [-0.2, -0.15) is 0 Å². The maximum atomic E-state index is 12.7. The second-order valence-corrected chi connectivity index (χ2v) is 9.86. The first-order chi connectivity index (χ1) is 16.7. The van der Waals surface area contributed by atoms with Crippen LogP contribution in [0.5, 0.6) is 11.5 Å². The van der Waals surface area contributed by atoms with Crippen LogP contribution in [0.1, 0.15) is 66.9 Å². The summed E-state index contributed by atoms with van der Waals surface area (Å²) in [4.78, 5) is 48.8. The van der Waals surface area contributed by atoms with Crippen molar-refractivity contribution in [2.75, 3.05) is 13.7 Å². The molecule has 0 amide bonds. The van der Waals surface area contributed by atoms with Crippen molar-refractivity contribution in [1.82, 2.24) is 0 Å². The van der Waals surface area contributed by atoms with Crippen molar-refractivity contribution in [1.29, 1.82) is 0 Å². The Kier molecular flexibility index (Phi) is 11.4. The Balaban J connectivity index is 3.05. The van der Waals surface area contributed by atoms with Gasteiger partial charge in [0.15, 0.2) is 11.5 Å². The lowest BCUT2D eigenvalue weighted by atomic mass is 9.90. The molecule has 0 aliphatic rings. The predicted molar refractivity (Wildman–Crippen MR) is 131 cm³/mol. The van der Waals surface area contributed by atoms with Gasteiger partial charge in [0.2, 0.25) is 0 Å². The summed E-state index contributed by atoms with van der Waals surface area (Å²) in [6, 6.07) is 3.60. The van der Waals surface area contributed by atoms with Crippen molar-refractivity contribution < 1.29 is 42.9 Å². The van der Waals surface area contributed by atoms with Gasteiger partial charge < -0.3 is 29.4 Å². The van der Waals surface area contributed by atoms with Crippen LogP contribution < -0.4 is 15.2 Å². The topological polar surface area (TPSA) is 140 Å². The summed E-state index contributed by atoms with van der Waals surface area (Å²) in [6.07, 6.45) is -0.454. The van der Waals surface area contributed by atoms with Crippen molar-refractivity contribution in [3.8, 4) is 11.5 Å². The van der Waals surface area contributed by atoms with Crippen LogP contribution in [0.25, 0.3) is 0 Å². The van der Waals surface area contributed by atoms with Crippen LogP contribution >= 0.6 is 0 Å². The highest BCUT2D eigenvalue weighted by molar-refractivity contribution is 5.81. The molecule has 0 fully saturated rings. The third-order valence-electron chi connectivity index (χ3n) is 5.97. The van der Waals surface area contributed by atoms with Crippen LogP contribution in [0.2, 0.25) is 0 Å². The van der Waals surface area contributed by atoms with Crippen LogP contribution in [-0.2, 0) is 35.0 Å². The lowest BCUT2D eigenvalue weighted by molar-refractivity contribution is -0.148. The van der Waals surface area contributed by atoms with Crippen LogP contribution in [0.4, 0.5) is 4.79 Å². The highest BCUT2D eigenvalue weighted by atomic mass is 16.7. The molecule has 0 saturated heterocycles. The number of carbonyl (C=O) groups is 4. The van der Waals surface area contributed by atoms with Crippen molar-refractivity contribution in [2.45, 2.75) is 79.9 Å². The Morgan fingerprint density at radius 1 is 0.917 bits per heavy atom. The molecule has 10 heteroatoms. The minimum Gasteiger partial charge on any atom is -0.461 e. The Morgan fingerprint density at radius 3 is 1.94 bits per heavy atom. The first-order valence-corrected chi connectivity index (χ1v) is 11.9. The third kappa shape index (κ3) is 9.14. The predicted octanol–water partition coefficient (Wildman–Crippen LogP) is 3.95. The molecule has 0 unspecified atom stereocenters. The fraction of sp³-hybridized carbons (Fsp3) is 0.615. The zero-order chi connectivity index (χ0) is 27.7.